The third kappa shape index (κ3) is 7.06. The maximum absolute atomic E-state index is 13.8. The molecule has 0 saturated carbocycles. The van der Waals surface area contributed by atoms with E-state index in [2.05, 4.69) is 34.4 Å². The molecule has 0 bridgehead atoms. The molecule has 0 aliphatic rings. The minimum atomic E-state index is -0.614. The summed E-state index contributed by atoms with van der Waals surface area (Å²) < 4.78 is 10.9. The second-order valence-corrected chi connectivity index (χ2v) is 14.3. The smallest absolute Gasteiger partial charge is 0.298 e. The number of fused-ring (bicyclic) bond motifs is 2. The minimum Gasteiger partial charge on any atom is -0.366 e. The van der Waals surface area contributed by atoms with Crippen molar-refractivity contribution >= 4 is 45.7 Å². The quantitative estimate of drug-likeness (QED) is 0.204. The van der Waals surface area contributed by atoms with Crippen molar-refractivity contribution in [1.29, 1.82) is 0 Å². The van der Waals surface area contributed by atoms with Crippen molar-refractivity contribution < 1.29 is 19.2 Å². The molecule has 4 aromatic heterocycles. The molecule has 55 heavy (non-hydrogen) atoms. The molecule has 0 spiro atoms. The summed E-state index contributed by atoms with van der Waals surface area (Å²) >= 11 is 0. The zero-order valence-electron chi connectivity index (χ0n) is 32.8. The van der Waals surface area contributed by atoms with Crippen LogP contribution in [0, 0.1) is 13.8 Å². The summed E-state index contributed by atoms with van der Waals surface area (Å²) in [5.41, 5.74) is 11.9. The first-order chi connectivity index (χ1) is 26.1. The van der Waals surface area contributed by atoms with Crippen molar-refractivity contribution in [3.8, 4) is 0 Å². The number of nitrogens with zero attached hydrogens (tertiary/aromatic N) is 10. The average Bonchev–Trinajstić information content (AvgIpc) is 3.88. The highest BCUT2D eigenvalue weighted by molar-refractivity contribution is 5.98. The van der Waals surface area contributed by atoms with Crippen molar-refractivity contribution in [2.24, 2.45) is 29.8 Å². The highest BCUT2D eigenvalue weighted by Gasteiger charge is 2.27. The molecule has 0 aliphatic carbocycles. The van der Waals surface area contributed by atoms with Crippen LogP contribution in [-0.2, 0) is 39.3 Å². The molecule has 0 atom stereocenters. The second kappa shape index (κ2) is 14.8. The molecule has 4 heterocycles. The van der Waals surface area contributed by atoms with Crippen molar-refractivity contribution in [2.45, 2.75) is 79.6 Å². The van der Waals surface area contributed by atoms with Gasteiger partial charge in [0.15, 0.2) is 0 Å². The van der Waals surface area contributed by atoms with Gasteiger partial charge >= 0.3 is 0 Å². The molecule has 4 amide bonds. The molecule has 16 heteroatoms. The van der Waals surface area contributed by atoms with Gasteiger partial charge in [-0.2, -0.15) is 20.2 Å². The van der Waals surface area contributed by atoms with E-state index >= 15 is 0 Å². The molecular formula is C39H48N12O4. The number of aryl methyl sites for hydroxylation is 7. The lowest BCUT2D eigenvalue weighted by molar-refractivity contribution is 0.0959. The standard InChI is InChI=1S/C39H48N12O4/c1-10-49-31(19-23(3)44-49)35(54)42-37-46(8)29-21-25(33(40)52)13-15-27(29)48(37)18-12-17-39(5,6)51-28-16-14-26(34(53)41-7)22-30(28)47(9)38(51)43-36(55)32-20-24(4)45-50(32)11-2/h13-16,19-22H,10-12,17-18H2,1-9H3,(H2,40,52)(H,41,53)/b42-37+,43-38+. The largest absolute Gasteiger partial charge is 0.366 e. The number of carbonyl (C=O) groups excluding carboxylic acids is 4. The first kappa shape index (κ1) is 38.4. The highest BCUT2D eigenvalue weighted by Crippen LogP contribution is 2.27. The van der Waals surface area contributed by atoms with E-state index in [-0.39, 0.29) is 5.91 Å². The van der Waals surface area contributed by atoms with Crippen LogP contribution in [0.3, 0.4) is 0 Å². The van der Waals surface area contributed by atoms with E-state index in [0.717, 1.165) is 22.2 Å². The van der Waals surface area contributed by atoms with E-state index in [1.165, 1.54) is 0 Å². The number of rotatable bonds is 11. The number of benzene rings is 2. The summed E-state index contributed by atoms with van der Waals surface area (Å²) in [6.07, 6.45) is 1.22. The molecule has 0 radical (unpaired) electrons. The Bertz CT molecular complexity index is 2660. The molecule has 0 saturated heterocycles. The fourth-order valence-corrected chi connectivity index (χ4v) is 7.28. The minimum absolute atomic E-state index is 0.227. The average molecular weight is 749 g/mol. The predicted molar refractivity (Wildman–Crippen MR) is 207 cm³/mol. The van der Waals surface area contributed by atoms with E-state index in [1.807, 2.05) is 60.6 Å². The zero-order valence-corrected chi connectivity index (χ0v) is 32.8. The SMILES string of the molecule is CCn1nc(C)cc1C(=O)/N=c1\n(C)c2cc(C(N)=O)ccc2n1CCCC(C)(C)n1/c(=N/C(=O)c2cc(C)nn2CC)n(C)c2cc(C(=O)NC)ccc21. The number of nitrogens with one attached hydrogen (secondary N) is 1. The molecule has 16 nitrogen and oxygen atoms in total. The number of amides is 4. The van der Waals surface area contributed by atoms with Crippen LogP contribution in [0.4, 0.5) is 0 Å². The number of hydrogen-bond donors (Lipinski definition) is 2. The maximum Gasteiger partial charge on any atom is 0.298 e. The van der Waals surface area contributed by atoms with Crippen molar-refractivity contribution in [3.05, 3.63) is 93.7 Å². The lowest BCUT2D eigenvalue weighted by Crippen LogP contribution is -2.38. The van der Waals surface area contributed by atoms with Crippen LogP contribution in [0.1, 0.15) is 93.6 Å². The zero-order chi connectivity index (χ0) is 39.9. The normalized spacial score (nSPS) is 12.7. The summed E-state index contributed by atoms with van der Waals surface area (Å²) in [5.74, 6) is -1.65. The van der Waals surface area contributed by atoms with Crippen LogP contribution >= 0.6 is 0 Å². The fraction of sp³-hybridized carbons (Fsp3) is 0.385. The van der Waals surface area contributed by atoms with Crippen LogP contribution in [0.2, 0.25) is 0 Å². The Morgan fingerprint density at radius 1 is 0.745 bits per heavy atom. The van der Waals surface area contributed by atoms with Gasteiger partial charge in [0, 0.05) is 57.4 Å². The molecule has 2 aromatic carbocycles. The summed E-state index contributed by atoms with van der Waals surface area (Å²) in [6.45, 7) is 13.2. The van der Waals surface area contributed by atoms with Gasteiger partial charge in [-0.15, -0.1) is 0 Å². The Labute approximate surface area is 317 Å². The third-order valence-electron chi connectivity index (χ3n) is 10.0. The molecule has 6 aromatic rings. The first-order valence-electron chi connectivity index (χ1n) is 18.3. The second-order valence-electron chi connectivity index (χ2n) is 14.3. The van der Waals surface area contributed by atoms with Crippen molar-refractivity contribution in [3.63, 3.8) is 0 Å². The number of hydrogen-bond acceptors (Lipinski definition) is 6. The van der Waals surface area contributed by atoms with Gasteiger partial charge in [-0.25, -0.2) is 0 Å². The van der Waals surface area contributed by atoms with Gasteiger partial charge in [-0.3, -0.25) is 28.5 Å². The van der Waals surface area contributed by atoms with E-state index in [1.54, 1.807) is 64.4 Å². The molecule has 0 fully saturated rings. The van der Waals surface area contributed by atoms with Crippen LogP contribution in [-0.4, -0.2) is 68.5 Å². The number of carbonyl (C=O) groups is 4. The number of primary amides is 1. The van der Waals surface area contributed by atoms with Gasteiger partial charge in [0.1, 0.15) is 11.4 Å². The number of aromatic nitrogens is 8. The topological polar surface area (TPSA) is 186 Å². The molecular weight excluding hydrogens is 701 g/mol. The van der Waals surface area contributed by atoms with E-state index in [0.29, 0.717) is 77.4 Å². The third-order valence-corrected chi connectivity index (χ3v) is 10.0. The van der Waals surface area contributed by atoms with E-state index < -0.39 is 23.3 Å². The molecule has 0 unspecified atom stereocenters. The van der Waals surface area contributed by atoms with Crippen LogP contribution in [0.5, 0.6) is 0 Å². The number of imidazole rings is 2. The van der Waals surface area contributed by atoms with Crippen LogP contribution < -0.4 is 22.3 Å². The van der Waals surface area contributed by atoms with Gasteiger partial charge in [0.05, 0.1) is 33.5 Å². The molecule has 288 valence electrons. The maximum atomic E-state index is 13.8. The van der Waals surface area contributed by atoms with Gasteiger partial charge in [-0.05, 0) is 103 Å². The van der Waals surface area contributed by atoms with Crippen molar-refractivity contribution in [1.82, 2.24) is 43.1 Å². The van der Waals surface area contributed by atoms with E-state index in [4.69, 9.17) is 10.7 Å². The van der Waals surface area contributed by atoms with Gasteiger partial charge in [-0.1, -0.05) is 0 Å². The monoisotopic (exact) mass is 748 g/mol. The van der Waals surface area contributed by atoms with E-state index in [9.17, 15) is 19.2 Å². The Morgan fingerprint density at radius 3 is 1.82 bits per heavy atom. The Morgan fingerprint density at radius 2 is 1.25 bits per heavy atom. The predicted octanol–water partition coefficient (Wildman–Crippen LogP) is 3.48. The first-order valence-corrected chi connectivity index (χ1v) is 18.3. The summed E-state index contributed by atoms with van der Waals surface area (Å²) in [7, 11) is 5.22. The fourth-order valence-electron chi connectivity index (χ4n) is 7.28. The Hall–Kier alpha value is -6.32. The Balaban J connectivity index is 1.44. The lowest BCUT2D eigenvalue weighted by atomic mass is 9.97. The lowest BCUT2D eigenvalue weighted by Gasteiger charge is -2.28. The van der Waals surface area contributed by atoms with Crippen LogP contribution in [0.15, 0.2) is 58.5 Å². The number of nitrogens with two attached hydrogens (primary N) is 1. The van der Waals surface area contributed by atoms with Gasteiger partial charge in [0.25, 0.3) is 17.7 Å². The Kier molecular flexibility index (Phi) is 10.4. The van der Waals surface area contributed by atoms with Crippen molar-refractivity contribution in [2.75, 3.05) is 7.05 Å². The molecule has 6 rings (SSSR count). The molecule has 0 aliphatic heterocycles. The summed E-state index contributed by atoms with van der Waals surface area (Å²) in [4.78, 5) is 61.5. The molecule has 3 N–H and O–H groups in total. The van der Waals surface area contributed by atoms with Gasteiger partial charge in [0.2, 0.25) is 17.1 Å². The van der Waals surface area contributed by atoms with Gasteiger partial charge < -0.3 is 29.3 Å². The summed E-state index contributed by atoms with van der Waals surface area (Å²) in [6, 6.07) is 14.1. The highest BCUT2D eigenvalue weighted by atomic mass is 16.2. The summed E-state index contributed by atoms with van der Waals surface area (Å²) in [5, 5.41) is 11.5. The van der Waals surface area contributed by atoms with Crippen LogP contribution in [0.25, 0.3) is 22.1 Å².